The Morgan fingerprint density at radius 3 is 2.28 bits per heavy atom. The number of rotatable bonds is 8. The molecule has 0 spiro atoms. The van der Waals surface area contributed by atoms with Crippen molar-refractivity contribution in [3.05, 3.63) is 91.8 Å². The predicted octanol–water partition coefficient (Wildman–Crippen LogP) is 6.03. The molecule has 2 amide bonds. The minimum absolute atomic E-state index is 0.0265. The van der Waals surface area contributed by atoms with E-state index in [2.05, 4.69) is 0 Å². The van der Waals surface area contributed by atoms with E-state index in [9.17, 15) is 14.0 Å². The second kappa shape index (κ2) is 10.0. The summed E-state index contributed by atoms with van der Waals surface area (Å²) >= 11 is 13.7. The van der Waals surface area contributed by atoms with Crippen LogP contribution in [0.3, 0.4) is 0 Å². The minimum atomic E-state index is -0.324. The summed E-state index contributed by atoms with van der Waals surface area (Å²) in [6.07, 6.45) is 1.71. The maximum atomic E-state index is 13.4. The molecule has 8 heteroatoms. The van der Waals surface area contributed by atoms with Crippen LogP contribution < -0.4 is 0 Å². The molecule has 1 aliphatic carbocycles. The van der Waals surface area contributed by atoms with Crippen molar-refractivity contribution < 1.29 is 14.0 Å². The fourth-order valence-corrected chi connectivity index (χ4v) is 4.72. The number of carbonyl (C=O) groups is 2. The molecule has 166 valence electrons. The first-order valence-corrected chi connectivity index (χ1v) is 11.8. The molecule has 1 saturated carbocycles. The standard InChI is InChI=1S/C24H21Cl2FN2O2S/c25-18-10-17(11-19(26)12-18)24(31)29(21-7-8-21)15-23(30)28(14-22-2-1-9-32-22)13-16-3-5-20(27)6-4-16/h1-6,9-12,21H,7-8,13-15H2. The Balaban J connectivity index is 1.54. The van der Waals surface area contributed by atoms with E-state index in [1.165, 1.54) is 12.1 Å². The van der Waals surface area contributed by atoms with Crippen LogP contribution in [0.2, 0.25) is 10.0 Å². The third-order valence-corrected chi connectivity index (χ3v) is 6.53. The van der Waals surface area contributed by atoms with Gasteiger partial charge in [0, 0.05) is 33.1 Å². The number of benzene rings is 2. The molecular formula is C24H21Cl2FN2O2S. The molecule has 0 radical (unpaired) electrons. The van der Waals surface area contributed by atoms with E-state index in [1.807, 2.05) is 17.5 Å². The molecular weight excluding hydrogens is 470 g/mol. The molecule has 32 heavy (non-hydrogen) atoms. The first-order chi connectivity index (χ1) is 15.4. The molecule has 0 aliphatic heterocycles. The second-order valence-corrected chi connectivity index (χ2v) is 9.68. The van der Waals surface area contributed by atoms with Crippen molar-refractivity contribution >= 4 is 46.4 Å². The second-order valence-electron chi connectivity index (χ2n) is 7.78. The maximum absolute atomic E-state index is 13.4. The molecule has 0 bridgehead atoms. The van der Waals surface area contributed by atoms with Gasteiger partial charge >= 0.3 is 0 Å². The molecule has 1 aliphatic rings. The first-order valence-electron chi connectivity index (χ1n) is 10.2. The van der Waals surface area contributed by atoms with E-state index in [4.69, 9.17) is 23.2 Å². The van der Waals surface area contributed by atoms with Gasteiger partial charge in [-0.15, -0.1) is 11.3 Å². The molecule has 0 atom stereocenters. The summed E-state index contributed by atoms with van der Waals surface area (Å²) in [5.74, 6) is -0.755. The van der Waals surface area contributed by atoms with Crippen molar-refractivity contribution in [3.63, 3.8) is 0 Å². The summed E-state index contributed by atoms with van der Waals surface area (Å²) in [5, 5.41) is 2.70. The van der Waals surface area contributed by atoms with Crippen LogP contribution in [-0.4, -0.2) is 34.2 Å². The van der Waals surface area contributed by atoms with Gasteiger partial charge in [0.25, 0.3) is 5.91 Å². The van der Waals surface area contributed by atoms with Gasteiger partial charge in [-0.25, -0.2) is 4.39 Å². The number of amides is 2. The molecule has 3 aromatic rings. The molecule has 4 nitrogen and oxygen atoms in total. The highest BCUT2D eigenvalue weighted by atomic mass is 35.5. The SMILES string of the molecule is O=C(CN(C(=O)c1cc(Cl)cc(Cl)c1)C1CC1)N(Cc1ccc(F)cc1)Cc1cccs1. The highest BCUT2D eigenvalue weighted by Crippen LogP contribution is 2.30. The fraction of sp³-hybridized carbons (Fsp3) is 0.250. The van der Waals surface area contributed by atoms with Crippen LogP contribution in [0.25, 0.3) is 0 Å². The van der Waals surface area contributed by atoms with Crippen LogP contribution in [0, 0.1) is 5.82 Å². The van der Waals surface area contributed by atoms with Gasteiger partial charge < -0.3 is 9.80 Å². The van der Waals surface area contributed by atoms with Crippen LogP contribution in [0.15, 0.2) is 60.0 Å². The number of hydrogen-bond donors (Lipinski definition) is 0. The van der Waals surface area contributed by atoms with Crippen molar-refractivity contribution in [2.45, 2.75) is 32.0 Å². The summed E-state index contributed by atoms with van der Waals surface area (Å²) in [4.78, 5) is 30.9. The summed E-state index contributed by atoms with van der Waals surface area (Å²) < 4.78 is 13.3. The van der Waals surface area contributed by atoms with E-state index in [1.54, 1.807) is 51.5 Å². The minimum Gasteiger partial charge on any atom is -0.332 e. The Kier molecular flexibility index (Phi) is 7.13. The summed E-state index contributed by atoms with van der Waals surface area (Å²) in [6.45, 7) is 0.705. The van der Waals surface area contributed by atoms with Crippen LogP contribution >= 0.6 is 34.5 Å². The van der Waals surface area contributed by atoms with E-state index in [0.29, 0.717) is 28.7 Å². The largest absolute Gasteiger partial charge is 0.332 e. The molecule has 0 N–H and O–H groups in total. The Morgan fingerprint density at radius 2 is 1.69 bits per heavy atom. The van der Waals surface area contributed by atoms with E-state index in [0.717, 1.165) is 23.3 Å². The number of thiophene rings is 1. The van der Waals surface area contributed by atoms with Crippen LogP contribution in [-0.2, 0) is 17.9 Å². The van der Waals surface area contributed by atoms with Crippen molar-refractivity contribution in [2.75, 3.05) is 6.54 Å². The Bertz CT molecular complexity index is 1080. The number of halogens is 3. The van der Waals surface area contributed by atoms with E-state index < -0.39 is 0 Å². The van der Waals surface area contributed by atoms with Gasteiger partial charge in [-0.1, -0.05) is 41.4 Å². The average Bonchev–Trinajstić information content (AvgIpc) is 3.47. The number of hydrogen-bond acceptors (Lipinski definition) is 3. The van der Waals surface area contributed by atoms with Gasteiger partial charge in [0.05, 0.1) is 6.54 Å². The average molecular weight is 491 g/mol. The molecule has 0 saturated heterocycles. The van der Waals surface area contributed by atoms with Crippen LogP contribution in [0.1, 0.15) is 33.6 Å². The molecule has 0 unspecified atom stereocenters. The highest BCUT2D eigenvalue weighted by molar-refractivity contribution is 7.09. The zero-order chi connectivity index (χ0) is 22.7. The lowest BCUT2D eigenvalue weighted by Crippen LogP contribution is -2.43. The van der Waals surface area contributed by atoms with Crippen molar-refractivity contribution in [1.82, 2.24) is 9.80 Å². The van der Waals surface area contributed by atoms with Crippen LogP contribution in [0.5, 0.6) is 0 Å². The third-order valence-electron chi connectivity index (χ3n) is 5.23. The zero-order valence-electron chi connectivity index (χ0n) is 17.1. The molecule has 1 aromatic heterocycles. The lowest BCUT2D eigenvalue weighted by Gasteiger charge is -2.28. The van der Waals surface area contributed by atoms with Gasteiger partial charge in [-0.2, -0.15) is 0 Å². The Labute approximate surface area is 200 Å². The van der Waals surface area contributed by atoms with Gasteiger partial charge in [-0.3, -0.25) is 9.59 Å². The van der Waals surface area contributed by atoms with E-state index >= 15 is 0 Å². The third kappa shape index (κ3) is 5.88. The molecule has 2 aromatic carbocycles. The van der Waals surface area contributed by atoms with Crippen molar-refractivity contribution in [1.29, 1.82) is 0 Å². The van der Waals surface area contributed by atoms with Gasteiger partial charge in [0.1, 0.15) is 12.4 Å². The topological polar surface area (TPSA) is 40.6 Å². The van der Waals surface area contributed by atoms with Gasteiger partial charge in [0.15, 0.2) is 0 Å². The number of carbonyl (C=O) groups excluding carboxylic acids is 2. The molecule has 1 fully saturated rings. The predicted molar refractivity (Wildman–Crippen MR) is 125 cm³/mol. The fourth-order valence-electron chi connectivity index (χ4n) is 3.47. The normalized spacial score (nSPS) is 13.1. The maximum Gasteiger partial charge on any atom is 0.254 e. The lowest BCUT2D eigenvalue weighted by atomic mass is 10.2. The molecule has 1 heterocycles. The summed E-state index contributed by atoms with van der Waals surface area (Å²) in [5.41, 5.74) is 1.19. The van der Waals surface area contributed by atoms with Crippen molar-refractivity contribution in [3.8, 4) is 0 Å². The highest BCUT2D eigenvalue weighted by Gasteiger charge is 2.35. The Hall–Kier alpha value is -2.41. The number of nitrogens with zero attached hydrogens (tertiary/aromatic N) is 2. The van der Waals surface area contributed by atoms with Gasteiger partial charge in [-0.05, 0) is 60.2 Å². The quantitative estimate of drug-likeness (QED) is 0.386. The lowest BCUT2D eigenvalue weighted by molar-refractivity contribution is -0.133. The summed E-state index contributed by atoms with van der Waals surface area (Å²) in [6, 6.07) is 14.7. The monoisotopic (exact) mass is 490 g/mol. The summed E-state index contributed by atoms with van der Waals surface area (Å²) in [7, 11) is 0. The Morgan fingerprint density at radius 1 is 1.00 bits per heavy atom. The first kappa shape index (κ1) is 22.8. The zero-order valence-corrected chi connectivity index (χ0v) is 19.5. The molecule has 4 rings (SSSR count). The van der Waals surface area contributed by atoms with Crippen LogP contribution in [0.4, 0.5) is 4.39 Å². The van der Waals surface area contributed by atoms with E-state index in [-0.39, 0.29) is 30.2 Å². The van der Waals surface area contributed by atoms with Gasteiger partial charge in [0.2, 0.25) is 5.91 Å². The smallest absolute Gasteiger partial charge is 0.254 e. The van der Waals surface area contributed by atoms with Crippen molar-refractivity contribution in [2.24, 2.45) is 0 Å².